The molecule has 0 amide bonds. The number of aliphatic hydroxyl groups is 1. The highest BCUT2D eigenvalue weighted by Gasteiger charge is 2.26. The number of likely N-dealkylation sites (tertiary alicyclic amines) is 2. The lowest BCUT2D eigenvalue weighted by Gasteiger charge is -2.35. The van der Waals surface area contributed by atoms with Crippen molar-refractivity contribution in [3.05, 3.63) is 191 Å². The van der Waals surface area contributed by atoms with Crippen molar-refractivity contribution in [3.8, 4) is 23.0 Å². The monoisotopic (exact) mass is 878 g/mol. The van der Waals surface area contributed by atoms with Crippen LogP contribution in [0.15, 0.2) is 158 Å². The van der Waals surface area contributed by atoms with Crippen LogP contribution in [0.1, 0.15) is 87.0 Å². The van der Waals surface area contributed by atoms with Crippen LogP contribution >= 0.6 is 11.6 Å². The summed E-state index contributed by atoms with van der Waals surface area (Å²) in [7, 11) is 0. The van der Waals surface area contributed by atoms with E-state index in [1.165, 1.54) is 46.2 Å². The Hall–Kier alpha value is -5.35. The molecule has 328 valence electrons. The third-order valence-electron chi connectivity index (χ3n) is 10.7. The number of aliphatic hydroxyl groups excluding tert-OH is 1. The summed E-state index contributed by atoms with van der Waals surface area (Å²) in [5.74, 6) is 0.393. The van der Waals surface area contributed by atoms with Crippen LogP contribution in [0.5, 0.6) is 23.0 Å². The normalized spacial score (nSPS) is 23.4. The minimum atomic E-state index is -2.42. The van der Waals surface area contributed by atoms with Gasteiger partial charge in [-0.05, 0) is 109 Å². The second kappa shape index (κ2) is 22.8. The van der Waals surface area contributed by atoms with E-state index in [0.717, 1.165) is 28.7 Å². The molecule has 4 heterocycles. The molecule has 0 aliphatic carbocycles. The van der Waals surface area contributed by atoms with E-state index in [2.05, 4.69) is 0 Å². The minimum absolute atomic E-state index is 0.0209. The number of ether oxygens (including phenoxy) is 5. The van der Waals surface area contributed by atoms with Crippen LogP contribution in [0.4, 0.5) is 0 Å². The molecule has 0 aromatic heterocycles. The fourth-order valence-corrected chi connectivity index (χ4v) is 7.74. The van der Waals surface area contributed by atoms with E-state index in [4.69, 9.17) is 51.7 Å². The van der Waals surface area contributed by atoms with Crippen molar-refractivity contribution in [2.45, 2.75) is 62.1 Å². The predicted octanol–water partition coefficient (Wildman–Crippen LogP) is 10.7. The van der Waals surface area contributed by atoms with Gasteiger partial charge in [-0.15, -0.1) is 11.6 Å². The van der Waals surface area contributed by atoms with Crippen LogP contribution in [0.3, 0.4) is 0 Å². The molecule has 1 N–H and O–H groups in total. The summed E-state index contributed by atoms with van der Waals surface area (Å²) < 4.78 is 125. The number of fused-ring (bicyclic) bond motifs is 2. The molecule has 4 aliphatic heterocycles. The largest absolute Gasteiger partial charge is 0.454 e. The number of piperidine rings is 2. The van der Waals surface area contributed by atoms with Gasteiger partial charge in [0.25, 0.3) is 0 Å². The highest BCUT2D eigenvalue weighted by Crippen LogP contribution is 2.35. The second-order valence-electron chi connectivity index (χ2n) is 15.3. The second-order valence-corrected chi connectivity index (χ2v) is 15.8. The van der Waals surface area contributed by atoms with Gasteiger partial charge < -0.3 is 38.6 Å². The van der Waals surface area contributed by atoms with Crippen LogP contribution < -0.4 is 18.9 Å². The first kappa shape index (κ1) is 31.5. The molecule has 6 aromatic rings. The van der Waals surface area contributed by atoms with E-state index >= 15 is 0 Å². The minimum Gasteiger partial charge on any atom is -0.454 e. The van der Waals surface area contributed by atoms with Crippen molar-refractivity contribution in [3.63, 3.8) is 0 Å². The van der Waals surface area contributed by atoms with Gasteiger partial charge in [0.2, 0.25) is 13.5 Å². The lowest BCUT2D eigenvalue weighted by Crippen LogP contribution is -2.41. The Balaban J connectivity index is 0.000000167. The SMILES string of the molecule is ClC(c1ccccc1)c1ccccc1.[2H]C1([2H])Oc2ccc(C([2H])([2H])C([2H])([2H])N3CCCC(O)C3)cc2O1.[2H]C1([2H])Oc2ccc(C([2H])([2H])C([2H])([2H])N3CCCC(OC(c4ccccc4)c4ccccc4)C3)cc2O1. The van der Waals surface area contributed by atoms with Gasteiger partial charge in [-0.1, -0.05) is 133 Å². The van der Waals surface area contributed by atoms with Crippen molar-refractivity contribution in [1.29, 1.82) is 0 Å². The first-order chi connectivity index (χ1) is 35.5. The molecule has 9 heteroatoms. The van der Waals surface area contributed by atoms with Gasteiger partial charge >= 0.3 is 0 Å². The average Bonchev–Trinajstić information content (AvgIpc) is 3.90. The van der Waals surface area contributed by atoms with E-state index in [0.29, 0.717) is 32.4 Å². The number of nitrogens with zero attached hydrogens (tertiary/aromatic N) is 2. The Bertz CT molecular complexity index is 2750. The number of benzene rings is 6. The molecule has 0 spiro atoms. The average molecular weight is 880 g/mol. The molecule has 6 aromatic carbocycles. The lowest BCUT2D eigenvalue weighted by atomic mass is 10.00. The number of halogens is 1. The van der Waals surface area contributed by atoms with Crippen LogP contribution in [0, 0.1) is 0 Å². The Morgan fingerprint density at radius 3 is 1.48 bits per heavy atom. The zero-order valence-corrected chi connectivity index (χ0v) is 35.5. The van der Waals surface area contributed by atoms with Crippen molar-refractivity contribution >= 4 is 11.6 Å². The molecule has 0 bridgehead atoms. The van der Waals surface area contributed by atoms with Gasteiger partial charge in [0, 0.05) is 37.0 Å². The Morgan fingerprint density at radius 1 is 0.571 bits per heavy atom. The summed E-state index contributed by atoms with van der Waals surface area (Å²) in [6.07, 6.45) is -3.52. The fourth-order valence-electron chi connectivity index (χ4n) is 7.45. The topological polar surface area (TPSA) is 72.9 Å². The fraction of sp³-hybridized carbons (Fsp3) is 0.333. The highest BCUT2D eigenvalue weighted by atomic mass is 35.5. The number of rotatable bonds is 12. The van der Waals surface area contributed by atoms with E-state index in [1.54, 1.807) is 0 Å². The third kappa shape index (κ3) is 12.9. The van der Waals surface area contributed by atoms with Crippen molar-refractivity contribution in [2.24, 2.45) is 0 Å². The van der Waals surface area contributed by atoms with Crippen molar-refractivity contribution < 1.29 is 45.2 Å². The lowest BCUT2D eigenvalue weighted by molar-refractivity contribution is -0.0330. The predicted molar refractivity (Wildman–Crippen MR) is 250 cm³/mol. The Kier molecular flexibility index (Phi) is 11.4. The molecular formula is C54H59ClN2O6. The van der Waals surface area contributed by atoms with Crippen LogP contribution in [-0.4, -0.2) is 79.8 Å². The third-order valence-corrected chi connectivity index (χ3v) is 11.2. The highest BCUT2D eigenvalue weighted by molar-refractivity contribution is 6.22. The summed E-state index contributed by atoms with van der Waals surface area (Å²) in [5.41, 5.74) is 4.36. The van der Waals surface area contributed by atoms with Gasteiger partial charge in [0.15, 0.2) is 23.0 Å². The number of hydrogen-bond acceptors (Lipinski definition) is 8. The zero-order chi connectivity index (χ0) is 53.8. The smallest absolute Gasteiger partial charge is 0.231 e. The van der Waals surface area contributed by atoms with Crippen LogP contribution in [0.25, 0.3) is 0 Å². The number of β-amino-alcohol motifs (C(OH)–C–C–N with tert-alkyl or cyclic N) is 1. The van der Waals surface area contributed by atoms with Gasteiger partial charge in [-0.2, -0.15) is 0 Å². The first-order valence-electron chi connectivity index (χ1n) is 27.2. The molecule has 2 atom stereocenters. The molecule has 2 fully saturated rings. The maximum Gasteiger partial charge on any atom is 0.231 e. The summed E-state index contributed by atoms with van der Waals surface area (Å²) in [6.45, 7) is -8.31. The van der Waals surface area contributed by atoms with Gasteiger partial charge in [0.05, 0.1) is 17.6 Å². The number of aryl methyl sites for hydroxylation is 2. The number of alkyl halides is 1. The molecule has 4 aliphatic rings. The zero-order valence-electron chi connectivity index (χ0n) is 46.7. The molecule has 8 nitrogen and oxygen atoms in total. The Labute approximate surface area is 394 Å². The molecule has 2 saturated heterocycles. The van der Waals surface area contributed by atoms with Gasteiger partial charge in [0.1, 0.15) is 11.6 Å². The molecule has 10 rings (SSSR count). The quantitative estimate of drug-likeness (QED) is 0.122. The molecule has 2 unspecified atom stereocenters. The van der Waals surface area contributed by atoms with Crippen molar-refractivity contribution in [2.75, 3.05) is 52.7 Å². The molecule has 63 heavy (non-hydrogen) atoms. The maximum absolute atomic E-state index is 9.75. The Morgan fingerprint density at radius 2 is 1.00 bits per heavy atom. The van der Waals surface area contributed by atoms with Crippen molar-refractivity contribution in [1.82, 2.24) is 9.80 Å². The summed E-state index contributed by atoms with van der Waals surface area (Å²) >= 11 is 6.33. The van der Waals surface area contributed by atoms with E-state index in [-0.39, 0.29) is 64.8 Å². The van der Waals surface area contributed by atoms with E-state index < -0.39 is 45.3 Å². The maximum atomic E-state index is 9.75. The summed E-state index contributed by atoms with van der Waals surface area (Å²) in [4.78, 5) is 2.82. The molecule has 0 saturated carbocycles. The van der Waals surface area contributed by atoms with Gasteiger partial charge in [-0.25, -0.2) is 0 Å². The standard InChI is InChI=1S/C27H29NO3.C14H19NO3.C13H11Cl/c1-3-8-22(9-4-1)27(23-10-5-2-6-11-23)31-24-12-7-16-28(19-24)17-15-21-13-14-25-26(18-21)30-20-29-25;16-12-2-1-6-15(9-12)7-5-11-3-4-13-14(8-11)18-10-17-13;14-13(11-7-3-1-4-8-11)12-9-5-2-6-10-12/h1-6,8-11,13-14,18,24,27H,7,12,15-17,19-20H2;3-4,8,12,16H,1-2,5-7,9-10H2;1-10,13H/i15D2,17D2,20D2;5D2,7D2,10D2;. The van der Waals surface area contributed by atoms with E-state index in [9.17, 15) is 5.11 Å². The summed E-state index contributed by atoms with van der Waals surface area (Å²) in [6, 6.07) is 48.2. The molecule has 0 radical (unpaired) electrons. The van der Waals surface area contributed by atoms with Gasteiger partial charge in [-0.3, -0.25) is 0 Å². The van der Waals surface area contributed by atoms with Crippen LogP contribution in [0.2, 0.25) is 0 Å². The number of hydrogen-bond donors (Lipinski definition) is 1. The first-order valence-corrected chi connectivity index (χ1v) is 21.6. The molecular weight excluding hydrogens is 808 g/mol. The summed E-state index contributed by atoms with van der Waals surface area (Å²) in [5, 5.41) is 9.71. The van der Waals surface area contributed by atoms with E-state index in [1.807, 2.05) is 121 Å². The van der Waals surface area contributed by atoms with Crippen LogP contribution in [-0.2, 0) is 17.5 Å².